The first-order valence-corrected chi connectivity index (χ1v) is 8.49. The molecule has 0 heterocycles. The summed E-state index contributed by atoms with van der Waals surface area (Å²) in [6.07, 6.45) is 0. The normalized spacial score (nSPS) is 11.9. The number of hydrogen-bond acceptors (Lipinski definition) is 0. The maximum absolute atomic E-state index is 3.53. The quantitative estimate of drug-likeness (QED) is 0.619. The summed E-state index contributed by atoms with van der Waals surface area (Å²) in [5.41, 5.74) is 0. The molecule has 0 bridgehead atoms. The van der Waals surface area contributed by atoms with Crippen LogP contribution in [0.2, 0.25) is 19.6 Å². The van der Waals surface area contributed by atoms with Gasteiger partial charge in [-0.15, -0.1) is 0 Å². The van der Waals surface area contributed by atoms with E-state index in [4.69, 9.17) is 0 Å². The van der Waals surface area contributed by atoms with Gasteiger partial charge in [-0.05, 0) is 16.8 Å². The molecule has 0 aromatic heterocycles. The van der Waals surface area contributed by atoms with E-state index in [2.05, 4.69) is 62.1 Å². The predicted octanol–water partition coefficient (Wildman–Crippen LogP) is 3.19. The Morgan fingerprint density at radius 1 is 0.929 bits per heavy atom. The highest BCUT2D eigenvalue weighted by atomic mass is 28.3. The molecule has 2 rings (SSSR count). The summed E-state index contributed by atoms with van der Waals surface area (Å²) >= 11 is 0. The first-order chi connectivity index (χ1) is 6.57. The molecule has 0 aliphatic rings. The van der Waals surface area contributed by atoms with Gasteiger partial charge in [-0.1, -0.05) is 61.2 Å². The van der Waals surface area contributed by atoms with Gasteiger partial charge in [0.15, 0.2) is 0 Å². The summed E-state index contributed by atoms with van der Waals surface area (Å²) in [5.74, 6) is 0. The number of fused-ring (bicyclic) bond motifs is 1. The van der Waals surface area contributed by atoms with E-state index < -0.39 is 8.07 Å². The number of benzene rings is 2. The van der Waals surface area contributed by atoms with E-state index in [0.29, 0.717) is 0 Å². The van der Waals surface area contributed by atoms with E-state index in [0.717, 1.165) is 0 Å². The van der Waals surface area contributed by atoms with Crippen molar-refractivity contribution in [3.8, 4) is 0 Å². The summed E-state index contributed by atoms with van der Waals surface area (Å²) in [6, 6.07) is 16.4. The van der Waals surface area contributed by atoms with Crippen LogP contribution in [0.1, 0.15) is 0 Å². The van der Waals surface area contributed by atoms with Crippen LogP contribution in [-0.2, 0) is 0 Å². The highest BCUT2D eigenvalue weighted by molar-refractivity contribution is 6.88. The van der Waals surface area contributed by atoms with Gasteiger partial charge < -0.3 is 0 Å². The first-order valence-electron chi connectivity index (χ1n) is 4.99. The third-order valence-corrected chi connectivity index (χ3v) is 4.38. The minimum absolute atomic E-state index is 1.21. The zero-order chi connectivity index (χ0) is 10.2. The average molecular weight is 199 g/mol. The molecule has 0 saturated heterocycles. The fraction of sp³-hybridized carbons (Fsp3) is 0.231. The molecular weight excluding hydrogens is 184 g/mol. The van der Waals surface area contributed by atoms with E-state index in [1.54, 1.807) is 0 Å². The smallest absolute Gasteiger partial charge is 0.0656 e. The predicted molar refractivity (Wildman–Crippen MR) is 65.8 cm³/mol. The SMILES string of the molecule is C[Si](C)(C)c1[c]c2ccccc2cc1. The molecule has 0 fully saturated rings. The van der Waals surface area contributed by atoms with Crippen LogP contribution in [0.25, 0.3) is 10.8 Å². The third-order valence-electron chi connectivity index (χ3n) is 2.47. The molecule has 0 aliphatic carbocycles. The van der Waals surface area contributed by atoms with Crippen molar-refractivity contribution in [1.82, 2.24) is 0 Å². The van der Waals surface area contributed by atoms with Crippen molar-refractivity contribution < 1.29 is 0 Å². The minimum Gasteiger partial charge on any atom is -0.0656 e. The molecule has 0 aliphatic heterocycles. The Morgan fingerprint density at radius 3 is 2.36 bits per heavy atom. The van der Waals surface area contributed by atoms with Crippen LogP contribution in [0.3, 0.4) is 0 Å². The van der Waals surface area contributed by atoms with Crippen LogP contribution < -0.4 is 5.19 Å². The number of rotatable bonds is 1. The van der Waals surface area contributed by atoms with Gasteiger partial charge in [0.2, 0.25) is 0 Å². The lowest BCUT2D eigenvalue weighted by Gasteiger charge is -2.16. The maximum atomic E-state index is 3.53. The Morgan fingerprint density at radius 2 is 1.64 bits per heavy atom. The molecule has 0 spiro atoms. The van der Waals surface area contributed by atoms with Gasteiger partial charge in [0, 0.05) is 0 Å². The zero-order valence-corrected chi connectivity index (χ0v) is 9.96. The second-order valence-electron chi connectivity index (χ2n) is 4.71. The van der Waals surface area contributed by atoms with Crippen LogP contribution in [-0.4, -0.2) is 8.07 Å². The molecule has 0 N–H and O–H groups in total. The lowest BCUT2D eigenvalue weighted by molar-refractivity contribution is 1.70. The van der Waals surface area contributed by atoms with Crippen molar-refractivity contribution in [3.05, 3.63) is 42.5 Å². The van der Waals surface area contributed by atoms with E-state index in [-0.39, 0.29) is 0 Å². The van der Waals surface area contributed by atoms with E-state index >= 15 is 0 Å². The molecule has 1 heteroatoms. The zero-order valence-electron chi connectivity index (χ0n) is 8.96. The molecule has 71 valence electrons. The van der Waals surface area contributed by atoms with Crippen molar-refractivity contribution in [2.24, 2.45) is 0 Å². The second-order valence-corrected chi connectivity index (χ2v) is 9.75. The molecular formula is C13H15Si. The maximum Gasteiger partial charge on any atom is 0.0784 e. The van der Waals surface area contributed by atoms with Crippen molar-refractivity contribution in [3.63, 3.8) is 0 Å². The fourth-order valence-corrected chi connectivity index (χ4v) is 2.65. The van der Waals surface area contributed by atoms with Crippen LogP contribution in [0.5, 0.6) is 0 Å². The summed E-state index contributed by atoms with van der Waals surface area (Å²) in [5, 5.41) is 3.94. The summed E-state index contributed by atoms with van der Waals surface area (Å²) in [7, 11) is -1.21. The van der Waals surface area contributed by atoms with E-state index in [9.17, 15) is 0 Å². The molecule has 0 unspecified atom stereocenters. The standard InChI is InChI=1S/C13H15Si/c1-14(2,3)13-9-8-11-6-4-5-7-12(11)10-13/h4-9H,1-3H3. The molecule has 0 amide bonds. The van der Waals surface area contributed by atoms with Crippen molar-refractivity contribution >= 4 is 24.0 Å². The summed E-state index contributed by atoms with van der Waals surface area (Å²) < 4.78 is 0. The van der Waals surface area contributed by atoms with Crippen molar-refractivity contribution in [1.29, 1.82) is 0 Å². The van der Waals surface area contributed by atoms with Crippen LogP contribution in [0.4, 0.5) is 0 Å². The van der Waals surface area contributed by atoms with Gasteiger partial charge in [0.05, 0.1) is 8.07 Å². The lowest BCUT2D eigenvalue weighted by Crippen LogP contribution is -2.37. The Hall–Kier alpha value is -1.08. The highest BCUT2D eigenvalue weighted by Gasteiger charge is 2.16. The van der Waals surface area contributed by atoms with Crippen molar-refractivity contribution in [2.75, 3.05) is 0 Å². The third kappa shape index (κ3) is 1.73. The molecule has 14 heavy (non-hydrogen) atoms. The van der Waals surface area contributed by atoms with E-state index in [1.807, 2.05) is 0 Å². The van der Waals surface area contributed by atoms with Crippen LogP contribution in [0, 0.1) is 6.07 Å². The summed E-state index contributed by atoms with van der Waals surface area (Å²) in [4.78, 5) is 0. The monoisotopic (exact) mass is 199 g/mol. The van der Waals surface area contributed by atoms with Gasteiger partial charge in [0.25, 0.3) is 0 Å². The van der Waals surface area contributed by atoms with Gasteiger partial charge in [-0.25, -0.2) is 0 Å². The number of hydrogen-bond donors (Lipinski definition) is 0. The minimum atomic E-state index is -1.21. The van der Waals surface area contributed by atoms with E-state index in [1.165, 1.54) is 16.0 Å². The van der Waals surface area contributed by atoms with Crippen LogP contribution in [0.15, 0.2) is 36.4 Å². The topological polar surface area (TPSA) is 0 Å². The summed E-state index contributed by atoms with van der Waals surface area (Å²) in [6.45, 7) is 7.06. The Kier molecular flexibility index (Phi) is 2.20. The Labute approximate surface area is 86.6 Å². The first kappa shape index (κ1) is 9.47. The van der Waals surface area contributed by atoms with Gasteiger partial charge in [-0.3, -0.25) is 0 Å². The van der Waals surface area contributed by atoms with Crippen molar-refractivity contribution in [2.45, 2.75) is 19.6 Å². The Bertz CT molecular complexity index is 452. The molecule has 0 atom stereocenters. The Balaban J connectivity index is 2.63. The van der Waals surface area contributed by atoms with Gasteiger partial charge in [0.1, 0.15) is 0 Å². The fourth-order valence-electron chi connectivity index (χ4n) is 1.55. The highest BCUT2D eigenvalue weighted by Crippen LogP contribution is 2.13. The largest absolute Gasteiger partial charge is 0.0784 e. The van der Waals surface area contributed by atoms with Crippen LogP contribution >= 0.6 is 0 Å². The molecule has 2 aromatic rings. The molecule has 0 nitrogen and oxygen atoms in total. The lowest BCUT2D eigenvalue weighted by atomic mass is 10.1. The van der Waals surface area contributed by atoms with Gasteiger partial charge in [-0.2, -0.15) is 0 Å². The molecule has 0 saturated carbocycles. The molecule has 1 radical (unpaired) electrons. The van der Waals surface area contributed by atoms with Gasteiger partial charge >= 0.3 is 0 Å². The average Bonchev–Trinajstić information content (AvgIpc) is 2.16. The molecule has 2 aromatic carbocycles. The second kappa shape index (κ2) is 3.25.